The fourth-order valence-corrected chi connectivity index (χ4v) is 3.29. The third-order valence-corrected chi connectivity index (χ3v) is 5.13. The lowest BCUT2D eigenvalue weighted by molar-refractivity contribution is -0.0563. The number of aryl methyl sites for hydroxylation is 2. The molecule has 0 saturated heterocycles. The predicted octanol–water partition coefficient (Wildman–Crippen LogP) is 6.16. The van der Waals surface area contributed by atoms with E-state index in [1.165, 1.54) is 47.3 Å². The molecule has 0 N–H and O–H groups in total. The number of oxime groups is 1. The second kappa shape index (κ2) is 10.0. The Kier molecular flexibility index (Phi) is 7.39. The van der Waals surface area contributed by atoms with Crippen molar-refractivity contribution in [3.63, 3.8) is 0 Å². The number of nitrogens with zero attached hydrogens (tertiary/aromatic N) is 3. The molecule has 0 radical (unpaired) electrons. The molecule has 0 fully saturated rings. The number of benzene rings is 2. The number of para-hydroxylation sites is 1. The highest BCUT2D eigenvalue weighted by atomic mass is 32.2. The van der Waals surface area contributed by atoms with Crippen molar-refractivity contribution in [2.75, 3.05) is 0 Å². The third-order valence-electron chi connectivity index (χ3n) is 4.18. The van der Waals surface area contributed by atoms with Gasteiger partial charge in [0.2, 0.25) is 5.88 Å². The summed E-state index contributed by atoms with van der Waals surface area (Å²) in [5.41, 5.74) is 1.65. The Labute approximate surface area is 184 Å². The molecule has 3 aromatic rings. The standard InChI is InChI=1S/C21H18F5N3O2S/c1-13-16(19(29(2)28-13)31-18-6-4-3-5-17(18)22)11-27-30-12-14-7-9-15(10-8-14)32-21(25,26)20(23)24/h3-11,20H,12H2,1-2H3. The Morgan fingerprint density at radius 1 is 1.16 bits per heavy atom. The van der Waals surface area contributed by atoms with E-state index in [1.807, 2.05) is 0 Å². The van der Waals surface area contributed by atoms with Crippen molar-refractivity contribution in [1.29, 1.82) is 0 Å². The van der Waals surface area contributed by atoms with Crippen LogP contribution in [0.5, 0.6) is 11.6 Å². The minimum Gasteiger partial charge on any atom is -0.436 e. The second-order valence-corrected chi connectivity index (χ2v) is 7.80. The van der Waals surface area contributed by atoms with Gasteiger partial charge in [-0.25, -0.2) is 17.9 Å². The molecule has 0 aliphatic heterocycles. The van der Waals surface area contributed by atoms with Crippen LogP contribution in [0.3, 0.4) is 0 Å². The molecule has 0 aliphatic carbocycles. The molecule has 1 aromatic heterocycles. The Morgan fingerprint density at radius 3 is 2.50 bits per heavy atom. The number of hydrogen-bond donors (Lipinski definition) is 0. The van der Waals surface area contributed by atoms with Gasteiger partial charge in [-0.1, -0.05) is 29.4 Å². The molecule has 1 heterocycles. The smallest absolute Gasteiger partial charge is 0.357 e. The van der Waals surface area contributed by atoms with Crippen molar-refractivity contribution in [3.05, 3.63) is 71.2 Å². The average Bonchev–Trinajstić information content (AvgIpc) is 3.00. The molecule has 3 rings (SSSR count). The van der Waals surface area contributed by atoms with Crippen molar-refractivity contribution in [1.82, 2.24) is 9.78 Å². The highest BCUT2D eigenvalue weighted by Gasteiger charge is 2.41. The van der Waals surface area contributed by atoms with Crippen molar-refractivity contribution in [3.8, 4) is 11.6 Å². The first-order valence-corrected chi connectivity index (χ1v) is 10.0. The van der Waals surface area contributed by atoms with Crippen LogP contribution in [-0.2, 0) is 18.5 Å². The lowest BCUT2D eigenvalue weighted by atomic mass is 10.2. The van der Waals surface area contributed by atoms with Crippen LogP contribution in [0.4, 0.5) is 22.0 Å². The molecule has 0 atom stereocenters. The molecular formula is C21H18F5N3O2S. The summed E-state index contributed by atoms with van der Waals surface area (Å²) >= 11 is -0.208. The van der Waals surface area contributed by atoms with E-state index in [-0.39, 0.29) is 34.9 Å². The van der Waals surface area contributed by atoms with E-state index in [0.29, 0.717) is 16.8 Å². The van der Waals surface area contributed by atoms with Gasteiger partial charge in [-0.3, -0.25) is 0 Å². The Morgan fingerprint density at radius 2 is 1.84 bits per heavy atom. The highest BCUT2D eigenvalue weighted by Crippen LogP contribution is 2.40. The minimum absolute atomic E-state index is 0.00321. The molecule has 170 valence electrons. The van der Waals surface area contributed by atoms with Gasteiger partial charge in [-0.05, 0) is 48.5 Å². The van der Waals surface area contributed by atoms with E-state index < -0.39 is 17.5 Å². The lowest BCUT2D eigenvalue weighted by Gasteiger charge is -2.14. The van der Waals surface area contributed by atoms with Gasteiger partial charge in [0.25, 0.3) is 0 Å². The summed E-state index contributed by atoms with van der Waals surface area (Å²) in [6.07, 6.45) is -2.39. The molecule has 11 heteroatoms. The normalized spacial score (nSPS) is 12.0. The number of ether oxygens (including phenoxy) is 1. The van der Waals surface area contributed by atoms with Gasteiger partial charge < -0.3 is 9.57 Å². The topological polar surface area (TPSA) is 48.6 Å². The average molecular weight is 471 g/mol. The van der Waals surface area contributed by atoms with Crippen LogP contribution in [-0.4, -0.2) is 27.7 Å². The molecule has 5 nitrogen and oxygen atoms in total. The zero-order chi connectivity index (χ0) is 23.3. The monoisotopic (exact) mass is 471 g/mol. The van der Waals surface area contributed by atoms with Gasteiger partial charge in [0, 0.05) is 11.9 Å². The summed E-state index contributed by atoms with van der Waals surface area (Å²) in [7, 11) is 1.64. The molecule has 2 aromatic carbocycles. The summed E-state index contributed by atoms with van der Waals surface area (Å²) in [5.74, 6) is -0.235. The van der Waals surface area contributed by atoms with Gasteiger partial charge in [-0.2, -0.15) is 13.9 Å². The van der Waals surface area contributed by atoms with E-state index >= 15 is 0 Å². The van der Waals surface area contributed by atoms with Crippen LogP contribution in [0.2, 0.25) is 0 Å². The van der Waals surface area contributed by atoms with Crippen molar-refractivity contribution < 1.29 is 31.5 Å². The fraction of sp³-hybridized carbons (Fsp3) is 0.238. The molecule has 0 aliphatic rings. The van der Waals surface area contributed by atoms with Crippen LogP contribution in [0.25, 0.3) is 0 Å². The Balaban J connectivity index is 1.63. The Bertz CT molecular complexity index is 1090. The molecule has 0 unspecified atom stereocenters. The number of alkyl halides is 4. The number of thioether (sulfide) groups is 1. The van der Waals surface area contributed by atoms with Crippen molar-refractivity contribution in [2.45, 2.75) is 30.1 Å². The molecule has 0 amide bonds. The SMILES string of the molecule is Cc1nn(C)c(Oc2ccccc2F)c1C=NOCc1ccc(SC(F)(F)C(F)F)cc1. The zero-order valence-corrected chi connectivity index (χ0v) is 17.8. The summed E-state index contributed by atoms with van der Waals surface area (Å²) in [4.78, 5) is 5.23. The largest absolute Gasteiger partial charge is 0.436 e. The van der Waals surface area contributed by atoms with E-state index in [9.17, 15) is 22.0 Å². The van der Waals surface area contributed by atoms with Crippen LogP contribution in [0.15, 0.2) is 58.6 Å². The van der Waals surface area contributed by atoms with Crippen LogP contribution >= 0.6 is 11.8 Å². The lowest BCUT2D eigenvalue weighted by Crippen LogP contribution is -2.21. The zero-order valence-electron chi connectivity index (χ0n) is 16.9. The van der Waals surface area contributed by atoms with Gasteiger partial charge >= 0.3 is 11.7 Å². The third kappa shape index (κ3) is 5.78. The van der Waals surface area contributed by atoms with E-state index in [1.54, 1.807) is 26.1 Å². The maximum atomic E-state index is 13.9. The molecule has 0 saturated carbocycles. The number of rotatable bonds is 9. The number of hydrogen-bond acceptors (Lipinski definition) is 5. The van der Waals surface area contributed by atoms with Crippen LogP contribution in [0, 0.1) is 12.7 Å². The summed E-state index contributed by atoms with van der Waals surface area (Å²) in [5, 5.41) is 3.93. The molecular weight excluding hydrogens is 453 g/mol. The highest BCUT2D eigenvalue weighted by molar-refractivity contribution is 8.00. The van der Waals surface area contributed by atoms with Gasteiger partial charge in [0.1, 0.15) is 6.61 Å². The summed E-state index contributed by atoms with van der Waals surface area (Å²) < 4.78 is 71.7. The van der Waals surface area contributed by atoms with Crippen LogP contribution in [0.1, 0.15) is 16.8 Å². The Hall–Kier alpha value is -3.08. The van der Waals surface area contributed by atoms with E-state index in [4.69, 9.17) is 9.57 Å². The molecule has 0 spiro atoms. The predicted molar refractivity (Wildman–Crippen MR) is 110 cm³/mol. The van der Waals surface area contributed by atoms with Crippen LogP contribution < -0.4 is 4.74 Å². The quantitative estimate of drug-likeness (QED) is 0.162. The second-order valence-electron chi connectivity index (χ2n) is 6.58. The molecule has 0 bridgehead atoms. The van der Waals surface area contributed by atoms with Crippen molar-refractivity contribution in [2.24, 2.45) is 12.2 Å². The first-order valence-electron chi connectivity index (χ1n) is 9.22. The number of aromatic nitrogens is 2. The van der Waals surface area contributed by atoms with Gasteiger partial charge in [0.05, 0.1) is 17.5 Å². The first kappa shape index (κ1) is 23.6. The van der Waals surface area contributed by atoms with Gasteiger partial charge in [-0.15, -0.1) is 0 Å². The van der Waals surface area contributed by atoms with Gasteiger partial charge in [0.15, 0.2) is 11.6 Å². The minimum atomic E-state index is -4.16. The van der Waals surface area contributed by atoms with E-state index in [0.717, 1.165) is 0 Å². The van der Waals surface area contributed by atoms with Crippen molar-refractivity contribution >= 4 is 18.0 Å². The number of halogens is 5. The first-order chi connectivity index (χ1) is 15.2. The molecule has 32 heavy (non-hydrogen) atoms. The maximum absolute atomic E-state index is 13.9. The summed E-state index contributed by atoms with van der Waals surface area (Å²) in [6, 6.07) is 11.5. The fourth-order valence-electron chi connectivity index (χ4n) is 2.61. The summed E-state index contributed by atoms with van der Waals surface area (Å²) in [6.45, 7) is 1.73. The van der Waals surface area contributed by atoms with E-state index in [2.05, 4.69) is 10.3 Å². The maximum Gasteiger partial charge on any atom is 0.357 e.